The molecule has 0 aliphatic carbocycles. The third-order valence-electron chi connectivity index (χ3n) is 0.780. The van der Waals surface area contributed by atoms with E-state index in [2.05, 4.69) is 9.22 Å². The summed E-state index contributed by atoms with van der Waals surface area (Å²) in [6.45, 7) is 2.99. The van der Waals surface area contributed by atoms with Gasteiger partial charge in [-0.25, -0.2) is 0 Å². The highest BCUT2D eigenvalue weighted by atomic mass is 32.2. The lowest BCUT2D eigenvalue weighted by atomic mass is 10.5. The summed E-state index contributed by atoms with van der Waals surface area (Å²) in [6.07, 6.45) is 1.58. The number of aliphatic hydroxyl groups excluding tert-OH is 1. The number of aliphatic hydroxyl groups is 1. The van der Waals surface area contributed by atoms with E-state index in [1.807, 2.05) is 0 Å². The molecule has 0 aliphatic rings. The molecule has 0 radical (unpaired) electrons. The van der Waals surface area contributed by atoms with E-state index in [0.29, 0.717) is 0 Å². The Morgan fingerprint density at radius 3 is 2.58 bits per heavy atom. The average Bonchev–Trinajstić information content (AvgIpc) is 1.84. The van der Waals surface area contributed by atoms with Gasteiger partial charge in [-0.05, 0) is 19.9 Å². The highest BCUT2D eigenvalue weighted by molar-refractivity contribution is 7.86. The second-order valence-electron chi connectivity index (χ2n) is 2.21. The lowest BCUT2D eigenvalue weighted by molar-refractivity contribution is -0.143. The Morgan fingerprint density at radius 2 is 2.17 bits per heavy atom. The number of rotatable bonds is 5. The van der Waals surface area contributed by atoms with Gasteiger partial charge in [0.15, 0.2) is 0 Å². The minimum absolute atomic E-state index is 0.482. The Balaban J connectivity index is 3.89. The predicted molar refractivity (Wildman–Crippen MR) is 42.5 cm³/mol. The molecule has 0 amide bonds. The van der Waals surface area contributed by atoms with Crippen LogP contribution in [0, 0.1) is 0 Å². The molecule has 0 rings (SSSR count). The van der Waals surface area contributed by atoms with Crippen LogP contribution in [0.2, 0.25) is 0 Å². The van der Waals surface area contributed by atoms with Crippen LogP contribution < -0.4 is 0 Å². The molecule has 0 saturated heterocycles. The Labute approximate surface area is 71.7 Å². The summed E-state index contributed by atoms with van der Waals surface area (Å²) >= 11 is 0. The smallest absolute Gasteiger partial charge is 0.305 e. The molecule has 5 nitrogen and oxygen atoms in total. The lowest BCUT2D eigenvalue weighted by Crippen LogP contribution is -2.19. The zero-order valence-electron chi connectivity index (χ0n) is 6.93. The molecule has 0 saturated carbocycles. The highest BCUT2D eigenvalue weighted by Crippen LogP contribution is 1.97. The quantitative estimate of drug-likeness (QED) is 0.386. The minimum Gasteiger partial charge on any atom is -0.392 e. The Kier molecular flexibility index (Phi) is 4.87. The van der Waals surface area contributed by atoms with Crippen molar-refractivity contribution in [1.82, 2.24) is 0 Å². The summed E-state index contributed by atoms with van der Waals surface area (Å²) in [5.41, 5.74) is 0. The van der Waals surface area contributed by atoms with Gasteiger partial charge < -0.3 is 9.99 Å². The molecule has 0 aliphatic heterocycles. The topological polar surface area (TPSA) is 72.8 Å². The number of allylic oxidation sites excluding steroid dienone is 1. The maximum Gasteiger partial charge on any atom is 0.305 e. The first kappa shape index (κ1) is 11.4. The van der Waals surface area contributed by atoms with E-state index < -0.39 is 22.0 Å². The van der Waals surface area contributed by atoms with Gasteiger partial charge in [0.2, 0.25) is 0 Å². The van der Waals surface area contributed by atoms with E-state index in [-0.39, 0.29) is 0 Å². The van der Waals surface area contributed by atoms with Crippen molar-refractivity contribution in [3.05, 3.63) is 12.3 Å². The standard InChI is InChI=1S/C6H12O5S/c1-3-4-10-11-12(8,9)5-6(2)7/h3-4,6-7H,5H2,1-2H3. The van der Waals surface area contributed by atoms with E-state index in [0.717, 1.165) is 6.26 Å². The van der Waals surface area contributed by atoms with E-state index in [1.54, 1.807) is 6.92 Å². The van der Waals surface area contributed by atoms with E-state index in [1.165, 1.54) is 13.0 Å². The van der Waals surface area contributed by atoms with Crippen LogP contribution in [0.1, 0.15) is 13.8 Å². The molecule has 0 bridgehead atoms. The first-order valence-corrected chi connectivity index (χ1v) is 4.92. The fourth-order valence-electron chi connectivity index (χ4n) is 0.461. The second-order valence-corrected chi connectivity index (χ2v) is 3.79. The first-order valence-electron chi connectivity index (χ1n) is 3.35. The van der Waals surface area contributed by atoms with E-state index in [4.69, 9.17) is 5.11 Å². The van der Waals surface area contributed by atoms with Crippen molar-refractivity contribution in [2.24, 2.45) is 0 Å². The molecule has 6 heteroatoms. The fraction of sp³-hybridized carbons (Fsp3) is 0.667. The van der Waals surface area contributed by atoms with E-state index in [9.17, 15) is 8.42 Å². The van der Waals surface area contributed by atoms with Crippen LogP contribution in [0.5, 0.6) is 0 Å². The van der Waals surface area contributed by atoms with E-state index >= 15 is 0 Å². The normalized spacial score (nSPS) is 14.9. The maximum atomic E-state index is 10.8. The Morgan fingerprint density at radius 1 is 1.58 bits per heavy atom. The van der Waals surface area contributed by atoms with Crippen LogP contribution in [-0.4, -0.2) is 25.4 Å². The summed E-state index contributed by atoms with van der Waals surface area (Å²) < 4.78 is 25.6. The van der Waals surface area contributed by atoms with Gasteiger partial charge in [0, 0.05) is 0 Å². The molecule has 0 fully saturated rings. The molecular formula is C6H12O5S. The number of hydrogen-bond acceptors (Lipinski definition) is 5. The van der Waals surface area contributed by atoms with Gasteiger partial charge in [-0.2, -0.15) is 8.42 Å². The van der Waals surface area contributed by atoms with Gasteiger partial charge in [-0.15, -0.1) is 0 Å². The fourth-order valence-corrected chi connectivity index (χ4v) is 1.27. The Hall–Kier alpha value is -0.590. The van der Waals surface area contributed by atoms with Crippen LogP contribution in [0.15, 0.2) is 12.3 Å². The van der Waals surface area contributed by atoms with Gasteiger partial charge in [-0.3, -0.25) is 0 Å². The highest BCUT2D eigenvalue weighted by Gasteiger charge is 2.15. The molecular weight excluding hydrogens is 184 g/mol. The van der Waals surface area contributed by atoms with Gasteiger partial charge >= 0.3 is 10.1 Å². The second kappa shape index (κ2) is 5.13. The van der Waals surface area contributed by atoms with Crippen molar-refractivity contribution in [3.8, 4) is 0 Å². The van der Waals surface area contributed by atoms with Crippen molar-refractivity contribution in [1.29, 1.82) is 0 Å². The molecule has 72 valence electrons. The van der Waals surface area contributed by atoms with Crippen LogP contribution >= 0.6 is 0 Å². The van der Waals surface area contributed by atoms with Crippen LogP contribution in [0.25, 0.3) is 0 Å². The lowest BCUT2D eigenvalue weighted by Gasteiger charge is -2.03. The van der Waals surface area contributed by atoms with Crippen LogP contribution in [0.3, 0.4) is 0 Å². The monoisotopic (exact) mass is 196 g/mol. The zero-order valence-corrected chi connectivity index (χ0v) is 7.74. The summed E-state index contributed by atoms with van der Waals surface area (Å²) in [4.78, 5) is 4.17. The largest absolute Gasteiger partial charge is 0.392 e. The van der Waals surface area contributed by atoms with Gasteiger partial charge in [0.25, 0.3) is 0 Å². The summed E-state index contributed by atoms with van der Waals surface area (Å²) in [6, 6.07) is 0. The SMILES string of the molecule is CC=COOS(=O)(=O)CC(C)O. The predicted octanol–water partition coefficient (Wildman–Crippen LogP) is 0.179. The molecule has 1 atom stereocenters. The third kappa shape index (κ3) is 6.14. The third-order valence-corrected chi connectivity index (χ3v) is 1.96. The average molecular weight is 196 g/mol. The summed E-state index contributed by atoms with van der Waals surface area (Å²) in [5.74, 6) is -0.482. The molecule has 0 aromatic heterocycles. The van der Waals surface area contributed by atoms with Crippen molar-refractivity contribution in [3.63, 3.8) is 0 Å². The maximum absolute atomic E-state index is 10.8. The number of hydrogen-bond donors (Lipinski definition) is 1. The van der Waals surface area contributed by atoms with Crippen molar-refractivity contribution >= 4 is 10.1 Å². The summed E-state index contributed by atoms with van der Waals surface area (Å²) in [7, 11) is -3.78. The molecule has 0 aromatic carbocycles. The molecule has 12 heavy (non-hydrogen) atoms. The van der Waals surface area contributed by atoms with Crippen molar-refractivity contribution in [2.75, 3.05) is 5.75 Å². The van der Waals surface area contributed by atoms with Crippen LogP contribution in [-0.2, 0) is 19.3 Å². The van der Waals surface area contributed by atoms with Gasteiger partial charge in [0.05, 0.1) is 6.10 Å². The van der Waals surface area contributed by atoms with Gasteiger partial charge in [-0.1, -0.05) is 4.33 Å². The van der Waals surface area contributed by atoms with Gasteiger partial charge in [0.1, 0.15) is 12.0 Å². The Bertz CT molecular complexity index is 228. The molecule has 1 unspecified atom stereocenters. The van der Waals surface area contributed by atoms with Crippen molar-refractivity contribution in [2.45, 2.75) is 20.0 Å². The molecule has 0 aromatic rings. The molecule has 0 heterocycles. The van der Waals surface area contributed by atoms with Crippen molar-refractivity contribution < 1.29 is 22.7 Å². The van der Waals surface area contributed by atoms with Crippen LogP contribution in [0.4, 0.5) is 0 Å². The summed E-state index contributed by atoms with van der Waals surface area (Å²) in [5, 5.41) is 8.71. The molecule has 1 N–H and O–H groups in total. The zero-order chi connectivity index (χ0) is 9.61. The molecule has 0 spiro atoms. The first-order chi connectivity index (χ1) is 5.48. The minimum atomic E-state index is -3.78.